The lowest BCUT2D eigenvalue weighted by Gasteiger charge is -2.20. The first-order valence-corrected chi connectivity index (χ1v) is 7.50. The van der Waals surface area contributed by atoms with Gasteiger partial charge in [0.25, 0.3) is 0 Å². The Morgan fingerprint density at radius 1 is 1.32 bits per heavy atom. The molecule has 2 unspecified atom stereocenters. The van der Waals surface area contributed by atoms with Crippen molar-refractivity contribution in [3.05, 3.63) is 11.8 Å². The zero-order valence-corrected chi connectivity index (χ0v) is 12.0. The molecule has 1 aromatic heterocycles. The highest BCUT2D eigenvalue weighted by atomic mass is 16.5. The van der Waals surface area contributed by atoms with E-state index in [1.807, 2.05) is 0 Å². The Morgan fingerprint density at radius 2 is 2.21 bits per heavy atom. The van der Waals surface area contributed by atoms with E-state index >= 15 is 0 Å². The molecule has 0 bridgehead atoms. The number of nitrogens with zero attached hydrogens (tertiary/aromatic N) is 2. The lowest BCUT2D eigenvalue weighted by molar-refractivity contribution is 0.0129. The first-order valence-electron chi connectivity index (χ1n) is 7.50. The predicted molar refractivity (Wildman–Crippen MR) is 72.9 cm³/mol. The minimum Gasteiger partial charge on any atom is -0.423 e. The number of aromatic nitrogens is 2. The quantitative estimate of drug-likeness (QED) is 0.823. The lowest BCUT2D eigenvalue weighted by atomic mass is 10.1. The van der Waals surface area contributed by atoms with E-state index in [1.165, 1.54) is 12.8 Å². The fourth-order valence-electron chi connectivity index (χ4n) is 2.38. The summed E-state index contributed by atoms with van der Waals surface area (Å²) < 4.78 is 11.5. The Balaban J connectivity index is 1.89. The number of rotatable bonds is 7. The van der Waals surface area contributed by atoms with Gasteiger partial charge in [-0.25, -0.2) is 0 Å². The topological polar surface area (TPSA) is 60.2 Å². The Hall–Kier alpha value is -0.940. The molecule has 108 valence electrons. The van der Waals surface area contributed by atoms with Crippen LogP contribution in [0.4, 0.5) is 0 Å². The van der Waals surface area contributed by atoms with Crippen LogP contribution in [-0.2, 0) is 11.2 Å². The fourth-order valence-corrected chi connectivity index (χ4v) is 2.38. The SMILES string of the molecule is CCCNC(CC)c1nnc(CC2CCCCO2)o1. The molecule has 1 fully saturated rings. The summed E-state index contributed by atoms with van der Waals surface area (Å²) in [6, 6.07) is 0.175. The van der Waals surface area contributed by atoms with Crippen molar-refractivity contribution in [2.45, 2.75) is 64.5 Å². The average molecular weight is 267 g/mol. The van der Waals surface area contributed by atoms with E-state index in [0.717, 1.165) is 38.8 Å². The van der Waals surface area contributed by atoms with Gasteiger partial charge in [-0.05, 0) is 38.6 Å². The molecular weight excluding hydrogens is 242 g/mol. The molecule has 1 N–H and O–H groups in total. The third-order valence-corrected chi connectivity index (χ3v) is 3.51. The Labute approximate surface area is 115 Å². The van der Waals surface area contributed by atoms with Gasteiger partial charge in [0.2, 0.25) is 11.8 Å². The standard InChI is InChI=1S/C14H25N3O2/c1-3-8-15-12(4-2)14-17-16-13(19-14)10-11-7-5-6-9-18-11/h11-12,15H,3-10H2,1-2H3. The Morgan fingerprint density at radius 3 is 2.89 bits per heavy atom. The van der Waals surface area contributed by atoms with Gasteiger partial charge in [-0.15, -0.1) is 10.2 Å². The summed E-state index contributed by atoms with van der Waals surface area (Å²) >= 11 is 0. The van der Waals surface area contributed by atoms with Gasteiger partial charge in [0, 0.05) is 6.61 Å². The second-order valence-corrected chi connectivity index (χ2v) is 5.14. The molecule has 1 aliphatic heterocycles. The van der Waals surface area contributed by atoms with Gasteiger partial charge >= 0.3 is 0 Å². The molecule has 1 aromatic rings. The molecule has 0 saturated carbocycles. The van der Waals surface area contributed by atoms with Gasteiger partial charge < -0.3 is 14.5 Å². The normalized spacial score (nSPS) is 21.5. The van der Waals surface area contributed by atoms with Crippen LogP contribution in [0.3, 0.4) is 0 Å². The van der Waals surface area contributed by atoms with Crippen molar-refractivity contribution >= 4 is 0 Å². The van der Waals surface area contributed by atoms with Crippen LogP contribution < -0.4 is 5.32 Å². The number of ether oxygens (including phenoxy) is 1. The molecule has 0 amide bonds. The summed E-state index contributed by atoms with van der Waals surface area (Å²) in [7, 11) is 0. The minimum absolute atomic E-state index is 0.175. The molecule has 0 aromatic carbocycles. The van der Waals surface area contributed by atoms with Gasteiger partial charge in [-0.2, -0.15) is 0 Å². The first-order chi connectivity index (χ1) is 9.33. The van der Waals surface area contributed by atoms with Crippen molar-refractivity contribution in [1.29, 1.82) is 0 Å². The minimum atomic E-state index is 0.175. The van der Waals surface area contributed by atoms with E-state index in [9.17, 15) is 0 Å². The fraction of sp³-hybridized carbons (Fsp3) is 0.857. The molecule has 0 spiro atoms. The van der Waals surface area contributed by atoms with Crippen LogP contribution in [-0.4, -0.2) is 29.5 Å². The maximum atomic E-state index is 5.77. The maximum absolute atomic E-state index is 5.77. The van der Waals surface area contributed by atoms with Crippen molar-refractivity contribution in [3.63, 3.8) is 0 Å². The molecule has 1 saturated heterocycles. The highest BCUT2D eigenvalue weighted by Crippen LogP contribution is 2.19. The number of nitrogens with one attached hydrogen (secondary N) is 1. The molecule has 5 heteroatoms. The summed E-state index contributed by atoms with van der Waals surface area (Å²) in [5.41, 5.74) is 0. The Kier molecular flexibility index (Phi) is 5.79. The van der Waals surface area contributed by atoms with Crippen LogP contribution >= 0.6 is 0 Å². The highest BCUT2D eigenvalue weighted by molar-refractivity contribution is 4.91. The zero-order chi connectivity index (χ0) is 13.5. The highest BCUT2D eigenvalue weighted by Gasteiger charge is 2.20. The van der Waals surface area contributed by atoms with Gasteiger partial charge in [-0.1, -0.05) is 13.8 Å². The monoisotopic (exact) mass is 267 g/mol. The largest absolute Gasteiger partial charge is 0.423 e. The van der Waals surface area contributed by atoms with Crippen LogP contribution in [0.1, 0.15) is 63.8 Å². The summed E-state index contributed by atoms with van der Waals surface area (Å²) in [4.78, 5) is 0. The van der Waals surface area contributed by atoms with Crippen molar-refractivity contribution in [2.24, 2.45) is 0 Å². The van der Waals surface area contributed by atoms with Crippen LogP contribution in [0.2, 0.25) is 0 Å². The van der Waals surface area contributed by atoms with Gasteiger partial charge in [0.15, 0.2) is 0 Å². The molecule has 2 heterocycles. The molecule has 19 heavy (non-hydrogen) atoms. The van der Waals surface area contributed by atoms with Crippen molar-refractivity contribution in [3.8, 4) is 0 Å². The summed E-state index contributed by atoms with van der Waals surface area (Å²) in [5.74, 6) is 1.42. The van der Waals surface area contributed by atoms with Crippen molar-refractivity contribution in [2.75, 3.05) is 13.2 Å². The van der Waals surface area contributed by atoms with Gasteiger partial charge in [0.05, 0.1) is 18.6 Å². The summed E-state index contributed by atoms with van der Waals surface area (Å²) in [5, 5.41) is 11.7. The first kappa shape index (κ1) is 14.5. The van der Waals surface area contributed by atoms with E-state index in [1.54, 1.807) is 0 Å². The summed E-state index contributed by atoms with van der Waals surface area (Å²) in [6.45, 7) is 6.12. The van der Waals surface area contributed by atoms with E-state index in [2.05, 4.69) is 29.4 Å². The van der Waals surface area contributed by atoms with Gasteiger partial charge in [-0.3, -0.25) is 0 Å². The molecule has 1 aliphatic rings. The number of hydrogen-bond donors (Lipinski definition) is 1. The zero-order valence-electron chi connectivity index (χ0n) is 12.0. The van der Waals surface area contributed by atoms with Crippen LogP contribution in [0.15, 0.2) is 4.42 Å². The maximum Gasteiger partial charge on any atom is 0.233 e. The van der Waals surface area contributed by atoms with E-state index in [0.29, 0.717) is 11.8 Å². The van der Waals surface area contributed by atoms with E-state index in [-0.39, 0.29) is 12.1 Å². The van der Waals surface area contributed by atoms with Crippen LogP contribution in [0.5, 0.6) is 0 Å². The Bertz CT molecular complexity index is 361. The second-order valence-electron chi connectivity index (χ2n) is 5.14. The smallest absolute Gasteiger partial charge is 0.233 e. The van der Waals surface area contributed by atoms with Gasteiger partial charge in [0.1, 0.15) is 0 Å². The predicted octanol–water partition coefficient (Wildman–Crippen LogP) is 2.63. The third-order valence-electron chi connectivity index (χ3n) is 3.51. The van der Waals surface area contributed by atoms with E-state index in [4.69, 9.17) is 9.15 Å². The third kappa shape index (κ3) is 4.28. The van der Waals surface area contributed by atoms with E-state index < -0.39 is 0 Å². The van der Waals surface area contributed by atoms with Crippen LogP contribution in [0, 0.1) is 0 Å². The lowest BCUT2D eigenvalue weighted by Crippen LogP contribution is -2.22. The molecule has 0 radical (unpaired) electrons. The molecule has 0 aliphatic carbocycles. The summed E-state index contributed by atoms with van der Waals surface area (Å²) in [6.07, 6.45) is 6.58. The molecule has 2 atom stereocenters. The van der Waals surface area contributed by atoms with Crippen molar-refractivity contribution in [1.82, 2.24) is 15.5 Å². The molecular formula is C14H25N3O2. The second kappa shape index (κ2) is 7.60. The molecule has 2 rings (SSSR count). The van der Waals surface area contributed by atoms with Crippen LogP contribution in [0.25, 0.3) is 0 Å². The average Bonchev–Trinajstić information content (AvgIpc) is 2.89. The molecule has 5 nitrogen and oxygen atoms in total. The number of hydrogen-bond acceptors (Lipinski definition) is 5. The van der Waals surface area contributed by atoms with Crippen molar-refractivity contribution < 1.29 is 9.15 Å².